The van der Waals surface area contributed by atoms with E-state index in [-0.39, 0.29) is 19.4 Å². The fraction of sp³-hybridized carbons (Fsp3) is 0.591. The minimum atomic E-state index is -4.64. The molecule has 0 saturated heterocycles. The number of ether oxygens (including phenoxy) is 2. The highest BCUT2D eigenvalue weighted by Crippen LogP contribution is 2.43. The molecule has 3 atom stereocenters. The number of esters is 2. The summed E-state index contributed by atoms with van der Waals surface area (Å²) in [6, 6.07) is 0. The van der Waals surface area contributed by atoms with E-state index in [1.54, 1.807) is 0 Å². The molecule has 55 heavy (non-hydrogen) atoms. The smallest absolute Gasteiger partial charge is 0.462 e. The first kappa shape index (κ1) is 51.9. The molecule has 0 aromatic heterocycles. The lowest BCUT2D eigenvalue weighted by atomic mass is 10.1. The second-order valence-electron chi connectivity index (χ2n) is 12.9. The van der Waals surface area contributed by atoms with E-state index in [9.17, 15) is 24.2 Å². The van der Waals surface area contributed by atoms with Gasteiger partial charge in [0.1, 0.15) is 12.7 Å². The van der Waals surface area contributed by atoms with Crippen LogP contribution in [0.5, 0.6) is 0 Å². The Morgan fingerprint density at radius 3 is 1.44 bits per heavy atom. The van der Waals surface area contributed by atoms with Gasteiger partial charge in [0.25, 0.3) is 0 Å². The van der Waals surface area contributed by atoms with Crippen LogP contribution < -0.4 is 0 Å². The molecule has 0 aliphatic rings. The van der Waals surface area contributed by atoms with Gasteiger partial charge < -0.3 is 24.6 Å². The number of allylic oxidation sites excluding steroid dienone is 16. The van der Waals surface area contributed by atoms with Crippen LogP contribution in [-0.4, -0.2) is 65.7 Å². The van der Waals surface area contributed by atoms with Crippen molar-refractivity contribution >= 4 is 19.8 Å². The number of carbonyl (C=O) groups excluding carboxylic acids is 2. The number of phosphoric acid groups is 1. The summed E-state index contributed by atoms with van der Waals surface area (Å²) in [5.41, 5.74) is 0. The molecule has 3 N–H and O–H groups in total. The Labute approximate surface area is 332 Å². The Morgan fingerprint density at radius 2 is 0.945 bits per heavy atom. The average Bonchev–Trinajstić information content (AvgIpc) is 3.17. The Kier molecular flexibility index (Phi) is 36.9. The van der Waals surface area contributed by atoms with Crippen molar-refractivity contribution in [2.45, 2.75) is 142 Å². The molecule has 0 rings (SSSR count). The van der Waals surface area contributed by atoms with Crippen LogP contribution in [-0.2, 0) is 32.7 Å². The number of hydrogen-bond donors (Lipinski definition) is 3. The van der Waals surface area contributed by atoms with Crippen molar-refractivity contribution < 1.29 is 47.8 Å². The van der Waals surface area contributed by atoms with Gasteiger partial charge in [0.05, 0.1) is 19.8 Å². The molecule has 0 radical (unpaired) electrons. The summed E-state index contributed by atoms with van der Waals surface area (Å²) < 4.78 is 32.6. The van der Waals surface area contributed by atoms with Gasteiger partial charge in [0, 0.05) is 12.8 Å². The fourth-order valence-corrected chi connectivity index (χ4v) is 5.47. The highest BCUT2D eigenvalue weighted by molar-refractivity contribution is 7.47. The van der Waals surface area contributed by atoms with Gasteiger partial charge in [0.15, 0.2) is 6.10 Å². The van der Waals surface area contributed by atoms with Crippen molar-refractivity contribution in [1.82, 2.24) is 0 Å². The number of carbonyl (C=O) groups is 2. The largest absolute Gasteiger partial charge is 0.472 e. The predicted molar refractivity (Wildman–Crippen MR) is 223 cm³/mol. The molecule has 0 aromatic rings. The molecule has 0 aromatic carbocycles. The van der Waals surface area contributed by atoms with E-state index in [1.165, 1.54) is 0 Å². The second-order valence-corrected chi connectivity index (χ2v) is 14.3. The third kappa shape index (κ3) is 38.9. The van der Waals surface area contributed by atoms with E-state index in [1.807, 2.05) is 0 Å². The van der Waals surface area contributed by atoms with Crippen LogP contribution in [0.15, 0.2) is 97.2 Å². The van der Waals surface area contributed by atoms with Crippen molar-refractivity contribution in [3.63, 3.8) is 0 Å². The van der Waals surface area contributed by atoms with Crippen LogP contribution in [0, 0.1) is 0 Å². The number of aliphatic hydroxyl groups excluding tert-OH is 2. The third-order valence-electron chi connectivity index (χ3n) is 7.73. The SMILES string of the molecule is CC/C=C\C/C=C\C/C=C\C/C=C\CCCCCCC(=O)OC(COC(=O)CCCC/C=C\C/C=C\C/C=C\C/C=C\CC)COP(=O)(O)OCC(O)CO. The summed E-state index contributed by atoms with van der Waals surface area (Å²) in [6.07, 6.45) is 46.6. The number of unbranched alkanes of at least 4 members (excludes halogenated alkanes) is 6. The first-order valence-electron chi connectivity index (χ1n) is 20.2. The first-order valence-corrected chi connectivity index (χ1v) is 21.7. The van der Waals surface area contributed by atoms with Crippen LogP contribution in [0.4, 0.5) is 0 Å². The van der Waals surface area contributed by atoms with Gasteiger partial charge in [-0.25, -0.2) is 4.57 Å². The molecule has 0 saturated carbocycles. The van der Waals surface area contributed by atoms with Crippen molar-refractivity contribution in [1.29, 1.82) is 0 Å². The number of phosphoric ester groups is 1. The Balaban J connectivity index is 4.48. The maximum absolute atomic E-state index is 12.6. The standard InChI is InChI=1S/C44H71O10P/c1-3-5-7-9-11-13-15-17-19-20-22-24-26-28-30-32-34-36-44(48)54-42(40-53-55(49,50)52-38-41(46)37-45)39-51-43(47)35-33-31-29-27-25-23-21-18-16-14-12-10-8-6-4-2/h5-8,11-14,17-19,21-22,24-25,27,41-42,45-46H,3-4,9-10,15-16,20,23,26,28-40H2,1-2H3,(H,49,50)/b7-5-,8-6-,13-11-,14-12-,19-17-,21-18-,24-22-,27-25-. The van der Waals surface area contributed by atoms with Crippen LogP contribution in [0.2, 0.25) is 0 Å². The lowest BCUT2D eigenvalue weighted by molar-refractivity contribution is -0.161. The van der Waals surface area contributed by atoms with Crippen LogP contribution in [0.3, 0.4) is 0 Å². The quantitative estimate of drug-likeness (QED) is 0.0242. The molecule has 0 fully saturated rings. The summed E-state index contributed by atoms with van der Waals surface area (Å²) in [4.78, 5) is 34.9. The van der Waals surface area contributed by atoms with E-state index in [2.05, 4.69) is 116 Å². The molecular weight excluding hydrogens is 719 g/mol. The van der Waals surface area contributed by atoms with E-state index >= 15 is 0 Å². The lowest BCUT2D eigenvalue weighted by Gasteiger charge is -2.20. The Bertz CT molecular complexity index is 1230. The zero-order chi connectivity index (χ0) is 40.5. The summed E-state index contributed by atoms with van der Waals surface area (Å²) >= 11 is 0. The normalized spacial score (nSPS) is 14.9. The van der Waals surface area contributed by atoms with Gasteiger partial charge in [-0.3, -0.25) is 18.6 Å². The van der Waals surface area contributed by atoms with Gasteiger partial charge in [-0.05, 0) is 89.9 Å². The summed E-state index contributed by atoms with van der Waals surface area (Å²) in [5.74, 6) is -1.01. The van der Waals surface area contributed by atoms with Gasteiger partial charge >= 0.3 is 19.8 Å². The second kappa shape index (κ2) is 39.1. The molecule has 3 unspecified atom stereocenters. The molecule has 11 heteroatoms. The predicted octanol–water partition coefficient (Wildman–Crippen LogP) is 10.4. The van der Waals surface area contributed by atoms with Gasteiger partial charge in [-0.15, -0.1) is 0 Å². The topological polar surface area (TPSA) is 149 Å². The van der Waals surface area contributed by atoms with E-state index in [0.29, 0.717) is 12.8 Å². The van der Waals surface area contributed by atoms with E-state index < -0.39 is 51.8 Å². The lowest BCUT2D eigenvalue weighted by Crippen LogP contribution is -2.29. The summed E-state index contributed by atoms with van der Waals surface area (Å²) in [7, 11) is -4.64. The molecule has 10 nitrogen and oxygen atoms in total. The van der Waals surface area contributed by atoms with Gasteiger partial charge in [-0.1, -0.05) is 124 Å². The van der Waals surface area contributed by atoms with Crippen molar-refractivity contribution in [3.8, 4) is 0 Å². The van der Waals surface area contributed by atoms with Crippen LogP contribution >= 0.6 is 7.82 Å². The van der Waals surface area contributed by atoms with Gasteiger partial charge in [0.2, 0.25) is 0 Å². The molecule has 312 valence electrons. The monoisotopic (exact) mass is 790 g/mol. The zero-order valence-electron chi connectivity index (χ0n) is 33.6. The van der Waals surface area contributed by atoms with Gasteiger partial charge in [-0.2, -0.15) is 0 Å². The van der Waals surface area contributed by atoms with E-state index in [4.69, 9.17) is 19.1 Å². The Hall–Kier alpha value is -3.11. The van der Waals surface area contributed by atoms with Crippen molar-refractivity contribution in [2.24, 2.45) is 0 Å². The molecule has 0 heterocycles. The molecule has 0 amide bonds. The first-order chi connectivity index (χ1) is 26.7. The number of aliphatic hydroxyl groups is 2. The minimum absolute atomic E-state index is 0.141. The molecular formula is C44H71O10P. The van der Waals surface area contributed by atoms with Crippen molar-refractivity contribution in [2.75, 3.05) is 26.4 Å². The maximum Gasteiger partial charge on any atom is 0.472 e. The third-order valence-corrected chi connectivity index (χ3v) is 8.68. The molecule has 0 bridgehead atoms. The number of rotatable bonds is 36. The average molecular weight is 791 g/mol. The summed E-state index contributed by atoms with van der Waals surface area (Å²) in [5, 5.41) is 18.3. The Morgan fingerprint density at radius 1 is 0.545 bits per heavy atom. The maximum atomic E-state index is 12.6. The van der Waals surface area contributed by atoms with Crippen molar-refractivity contribution in [3.05, 3.63) is 97.2 Å². The van der Waals surface area contributed by atoms with E-state index in [0.717, 1.165) is 89.9 Å². The number of hydrogen-bond acceptors (Lipinski definition) is 9. The highest BCUT2D eigenvalue weighted by Gasteiger charge is 2.27. The fourth-order valence-electron chi connectivity index (χ4n) is 4.68. The molecule has 0 aliphatic heterocycles. The molecule has 0 spiro atoms. The highest BCUT2D eigenvalue weighted by atomic mass is 31.2. The van der Waals surface area contributed by atoms with Crippen LogP contribution in [0.25, 0.3) is 0 Å². The van der Waals surface area contributed by atoms with Crippen LogP contribution in [0.1, 0.15) is 129 Å². The summed E-state index contributed by atoms with van der Waals surface area (Å²) in [6.45, 7) is 2.04. The zero-order valence-corrected chi connectivity index (χ0v) is 34.5. The molecule has 0 aliphatic carbocycles. The minimum Gasteiger partial charge on any atom is -0.462 e.